The fourth-order valence-corrected chi connectivity index (χ4v) is 2.32. The summed E-state index contributed by atoms with van der Waals surface area (Å²) in [5, 5.41) is 5.23. The first-order valence-corrected chi connectivity index (χ1v) is 7.96. The van der Waals surface area contributed by atoms with Gasteiger partial charge in [0, 0.05) is 10.2 Å². The van der Waals surface area contributed by atoms with Crippen LogP contribution in [0.25, 0.3) is 11.0 Å². The zero-order chi connectivity index (χ0) is 16.9. The molecule has 0 aliphatic rings. The van der Waals surface area contributed by atoms with E-state index in [9.17, 15) is 9.59 Å². The number of hydrogen-bond acceptors (Lipinski definition) is 4. The number of halogens is 1. The van der Waals surface area contributed by atoms with Crippen molar-refractivity contribution in [2.24, 2.45) is 0 Å². The summed E-state index contributed by atoms with van der Waals surface area (Å²) in [7, 11) is 0. The Bertz CT molecular complexity index is 896. The van der Waals surface area contributed by atoms with E-state index in [4.69, 9.17) is 0 Å². The Morgan fingerprint density at radius 3 is 2.46 bits per heavy atom. The smallest absolute Gasteiger partial charge is 0.271 e. The Labute approximate surface area is 146 Å². The molecule has 2 aromatic carbocycles. The van der Waals surface area contributed by atoms with Crippen molar-refractivity contribution in [1.82, 2.24) is 15.3 Å². The van der Waals surface area contributed by atoms with Crippen LogP contribution in [0.3, 0.4) is 0 Å². The molecule has 6 nitrogen and oxygen atoms in total. The number of carbonyl (C=O) groups is 2. The first-order chi connectivity index (χ1) is 11.6. The number of carbonyl (C=O) groups excluding carboxylic acids is 2. The van der Waals surface area contributed by atoms with Crippen molar-refractivity contribution in [3.05, 3.63) is 64.9 Å². The Morgan fingerprint density at radius 1 is 1.00 bits per heavy atom. The molecular weight excluding hydrogens is 372 g/mol. The highest BCUT2D eigenvalue weighted by molar-refractivity contribution is 9.10. The summed E-state index contributed by atoms with van der Waals surface area (Å²) in [5.41, 5.74) is 2.17. The third-order valence-corrected chi connectivity index (χ3v) is 3.75. The normalized spacial score (nSPS) is 10.4. The summed E-state index contributed by atoms with van der Waals surface area (Å²) >= 11 is 3.32. The molecule has 2 amide bonds. The molecule has 1 aromatic heterocycles. The zero-order valence-electron chi connectivity index (χ0n) is 12.5. The number of anilines is 1. The number of fused-ring (bicyclic) bond motifs is 1. The molecule has 0 radical (unpaired) electrons. The van der Waals surface area contributed by atoms with Crippen LogP contribution in [0.2, 0.25) is 0 Å². The van der Waals surface area contributed by atoms with Crippen molar-refractivity contribution in [2.45, 2.75) is 0 Å². The summed E-state index contributed by atoms with van der Waals surface area (Å²) < 4.78 is 0.920. The van der Waals surface area contributed by atoms with Crippen LogP contribution < -0.4 is 10.6 Å². The second-order valence-electron chi connectivity index (χ2n) is 4.98. The molecule has 3 rings (SSSR count). The minimum Gasteiger partial charge on any atom is -0.342 e. The second-order valence-corrected chi connectivity index (χ2v) is 5.90. The van der Waals surface area contributed by atoms with Crippen LogP contribution in [0.5, 0.6) is 0 Å². The minimum absolute atomic E-state index is 0.149. The maximum absolute atomic E-state index is 12.1. The number of rotatable bonds is 4. The molecule has 1 heterocycles. The van der Waals surface area contributed by atoms with Crippen LogP contribution >= 0.6 is 15.9 Å². The van der Waals surface area contributed by atoms with Crippen molar-refractivity contribution in [3.63, 3.8) is 0 Å². The molecule has 0 saturated carbocycles. The average molecular weight is 385 g/mol. The number of para-hydroxylation sites is 2. The van der Waals surface area contributed by atoms with Crippen LogP contribution in [0, 0.1) is 0 Å². The van der Waals surface area contributed by atoms with E-state index >= 15 is 0 Å². The lowest BCUT2D eigenvalue weighted by Crippen LogP contribution is -2.33. The predicted octanol–water partition coefficient (Wildman–Crippen LogP) is 2.76. The molecule has 3 aromatic rings. The van der Waals surface area contributed by atoms with Crippen LogP contribution in [-0.4, -0.2) is 28.3 Å². The van der Waals surface area contributed by atoms with E-state index in [1.165, 1.54) is 6.20 Å². The van der Waals surface area contributed by atoms with Crippen LogP contribution in [0.1, 0.15) is 10.5 Å². The molecule has 0 bridgehead atoms. The fourth-order valence-electron chi connectivity index (χ4n) is 2.06. The second kappa shape index (κ2) is 7.18. The maximum atomic E-state index is 12.1. The third-order valence-electron chi connectivity index (χ3n) is 3.22. The van der Waals surface area contributed by atoms with Crippen LogP contribution in [0.4, 0.5) is 5.69 Å². The van der Waals surface area contributed by atoms with Gasteiger partial charge in [0.2, 0.25) is 5.91 Å². The summed E-state index contributed by atoms with van der Waals surface area (Å²) in [6.07, 6.45) is 1.39. The summed E-state index contributed by atoms with van der Waals surface area (Å²) in [4.78, 5) is 32.4. The zero-order valence-corrected chi connectivity index (χ0v) is 14.1. The molecule has 0 fully saturated rings. The highest BCUT2D eigenvalue weighted by Crippen LogP contribution is 2.13. The van der Waals surface area contributed by atoms with Gasteiger partial charge < -0.3 is 10.6 Å². The number of benzene rings is 2. The quantitative estimate of drug-likeness (QED) is 0.724. The first kappa shape index (κ1) is 16.1. The van der Waals surface area contributed by atoms with Crippen molar-refractivity contribution >= 4 is 44.5 Å². The van der Waals surface area contributed by atoms with Crippen molar-refractivity contribution in [3.8, 4) is 0 Å². The molecular formula is C17H13BrN4O2. The van der Waals surface area contributed by atoms with E-state index in [1.807, 2.05) is 30.3 Å². The maximum Gasteiger partial charge on any atom is 0.271 e. The van der Waals surface area contributed by atoms with Gasteiger partial charge in [0.15, 0.2) is 0 Å². The SMILES string of the molecule is O=C(CNC(=O)c1cnc2ccccc2n1)Nc1ccc(Br)cc1. The molecule has 7 heteroatoms. The monoisotopic (exact) mass is 384 g/mol. The topological polar surface area (TPSA) is 84.0 Å². The summed E-state index contributed by atoms with van der Waals surface area (Å²) in [6, 6.07) is 14.4. The van der Waals surface area contributed by atoms with Gasteiger partial charge in [-0.2, -0.15) is 0 Å². The van der Waals surface area contributed by atoms with E-state index in [1.54, 1.807) is 18.2 Å². The van der Waals surface area contributed by atoms with Crippen molar-refractivity contribution in [1.29, 1.82) is 0 Å². The van der Waals surface area contributed by atoms with Gasteiger partial charge in [-0.05, 0) is 36.4 Å². The van der Waals surface area contributed by atoms with Gasteiger partial charge >= 0.3 is 0 Å². The standard InChI is InChI=1S/C17H13BrN4O2/c18-11-5-7-12(8-6-11)21-16(23)10-20-17(24)15-9-19-13-3-1-2-4-14(13)22-15/h1-9H,10H2,(H,20,24)(H,21,23). The molecule has 120 valence electrons. The number of aromatic nitrogens is 2. The fraction of sp³-hybridized carbons (Fsp3) is 0.0588. The van der Waals surface area contributed by atoms with Crippen LogP contribution in [-0.2, 0) is 4.79 Å². The van der Waals surface area contributed by atoms with Gasteiger partial charge in [-0.15, -0.1) is 0 Å². The predicted molar refractivity (Wildman–Crippen MR) is 94.6 cm³/mol. The van der Waals surface area contributed by atoms with Gasteiger partial charge in [0.1, 0.15) is 5.69 Å². The van der Waals surface area contributed by atoms with Crippen LogP contribution in [0.15, 0.2) is 59.2 Å². The Balaban J connectivity index is 1.59. The lowest BCUT2D eigenvalue weighted by atomic mass is 10.3. The molecule has 0 aliphatic carbocycles. The summed E-state index contributed by atoms with van der Waals surface area (Å²) in [5.74, 6) is -0.765. The summed E-state index contributed by atoms with van der Waals surface area (Å²) in [6.45, 7) is -0.149. The Kier molecular flexibility index (Phi) is 4.81. The highest BCUT2D eigenvalue weighted by atomic mass is 79.9. The number of hydrogen-bond donors (Lipinski definition) is 2. The van der Waals surface area contributed by atoms with E-state index in [2.05, 4.69) is 36.5 Å². The van der Waals surface area contributed by atoms with Gasteiger partial charge in [0.25, 0.3) is 5.91 Å². The minimum atomic E-state index is -0.445. The molecule has 2 N–H and O–H groups in total. The Morgan fingerprint density at radius 2 is 1.71 bits per heavy atom. The van der Waals surface area contributed by atoms with E-state index in [-0.39, 0.29) is 18.1 Å². The average Bonchev–Trinajstić information content (AvgIpc) is 2.61. The number of nitrogens with one attached hydrogen (secondary N) is 2. The van der Waals surface area contributed by atoms with Gasteiger partial charge in [-0.3, -0.25) is 14.6 Å². The van der Waals surface area contributed by atoms with E-state index in [0.29, 0.717) is 16.7 Å². The molecule has 0 atom stereocenters. The molecule has 0 unspecified atom stereocenters. The lowest BCUT2D eigenvalue weighted by Gasteiger charge is -2.07. The Hall–Kier alpha value is -2.80. The van der Waals surface area contributed by atoms with Gasteiger partial charge in [0.05, 0.1) is 23.8 Å². The number of amides is 2. The van der Waals surface area contributed by atoms with E-state index < -0.39 is 5.91 Å². The number of nitrogens with zero attached hydrogens (tertiary/aromatic N) is 2. The molecule has 0 aliphatic heterocycles. The van der Waals surface area contributed by atoms with Gasteiger partial charge in [-0.1, -0.05) is 28.1 Å². The largest absolute Gasteiger partial charge is 0.342 e. The molecule has 0 spiro atoms. The molecule has 24 heavy (non-hydrogen) atoms. The first-order valence-electron chi connectivity index (χ1n) is 7.17. The lowest BCUT2D eigenvalue weighted by molar-refractivity contribution is -0.115. The third kappa shape index (κ3) is 3.94. The van der Waals surface area contributed by atoms with Crippen molar-refractivity contribution in [2.75, 3.05) is 11.9 Å². The highest BCUT2D eigenvalue weighted by Gasteiger charge is 2.11. The van der Waals surface area contributed by atoms with Gasteiger partial charge in [-0.25, -0.2) is 4.98 Å². The molecule has 0 saturated heterocycles. The van der Waals surface area contributed by atoms with E-state index in [0.717, 1.165) is 4.47 Å². The van der Waals surface area contributed by atoms with Crippen molar-refractivity contribution < 1.29 is 9.59 Å².